The number of benzene rings is 1. The number of carbonyl (C=O) groups excluding carboxylic acids is 4. The highest BCUT2D eigenvalue weighted by Crippen LogP contribution is 2.37. The average Bonchev–Trinajstić information content (AvgIpc) is 4.07. The molecule has 7 rings (SSSR count). The number of imidazole rings is 2. The van der Waals surface area contributed by atoms with Crippen LogP contribution in [0, 0.1) is 23.7 Å². The predicted octanol–water partition coefficient (Wildman–Crippen LogP) is 5.84. The second kappa shape index (κ2) is 17.8. The Bertz CT molecular complexity index is 2250. The first-order chi connectivity index (χ1) is 28.4. The molecule has 4 amide bonds. The molecule has 4 aromatic rings. The van der Waals surface area contributed by atoms with Crippen LogP contribution in [-0.2, 0) is 31.9 Å². The number of aromatic nitrogens is 5. The van der Waals surface area contributed by atoms with Crippen molar-refractivity contribution in [2.45, 2.75) is 96.8 Å². The van der Waals surface area contributed by atoms with Crippen LogP contribution in [0.3, 0.4) is 0 Å². The topological polar surface area (TPSA) is 188 Å². The summed E-state index contributed by atoms with van der Waals surface area (Å²) < 4.78 is 9.54. The lowest BCUT2D eigenvalue weighted by atomic mass is 10.00. The SMILES string of the molecule is COC(=O)NC(C(=O)N1CCCC1c1ncc(-c2ccc(C#Cc3ccc4c(c3)CCCc3[nH]c(C5CCCN5C(=O)C(NC(=O)OC)C(C)C)nc3-4)nc2)[nH]1)C(C)C. The fourth-order valence-corrected chi connectivity index (χ4v) is 8.36. The van der Waals surface area contributed by atoms with Crippen LogP contribution >= 0.6 is 0 Å². The maximum atomic E-state index is 13.7. The van der Waals surface area contributed by atoms with Crippen molar-refractivity contribution in [3.63, 3.8) is 0 Å². The third-order valence-electron chi connectivity index (χ3n) is 11.5. The first kappa shape index (κ1) is 41.0. The number of ether oxygens (including phenoxy) is 2. The van der Waals surface area contributed by atoms with Gasteiger partial charge in [0.15, 0.2) is 0 Å². The largest absolute Gasteiger partial charge is 0.453 e. The van der Waals surface area contributed by atoms with E-state index in [1.807, 2.05) is 50.8 Å². The van der Waals surface area contributed by atoms with Crippen LogP contribution in [0.2, 0.25) is 0 Å². The van der Waals surface area contributed by atoms with Crippen molar-refractivity contribution in [3.05, 3.63) is 76.9 Å². The number of aryl methyl sites for hydroxylation is 2. The highest BCUT2D eigenvalue weighted by Gasteiger charge is 2.39. The fraction of sp³-hybridized carbons (Fsp3) is 0.477. The van der Waals surface area contributed by atoms with E-state index >= 15 is 0 Å². The van der Waals surface area contributed by atoms with Gasteiger partial charge >= 0.3 is 12.2 Å². The molecule has 3 aliphatic rings. The van der Waals surface area contributed by atoms with E-state index in [0.717, 1.165) is 84.5 Å². The molecule has 4 unspecified atom stereocenters. The second-order valence-corrected chi connectivity index (χ2v) is 16.1. The summed E-state index contributed by atoms with van der Waals surface area (Å²) in [6.07, 6.45) is 8.19. The number of nitrogens with zero attached hydrogens (tertiary/aromatic N) is 5. The summed E-state index contributed by atoms with van der Waals surface area (Å²) in [6, 6.07) is 8.25. The van der Waals surface area contributed by atoms with Gasteiger partial charge in [0.25, 0.3) is 0 Å². The summed E-state index contributed by atoms with van der Waals surface area (Å²) in [6.45, 7) is 8.79. The lowest BCUT2D eigenvalue weighted by Gasteiger charge is -2.30. The number of fused-ring (bicyclic) bond motifs is 3. The maximum absolute atomic E-state index is 13.7. The zero-order valence-corrected chi connectivity index (χ0v) is 34.6. The minimum absolute atomic E-state index is 0.107. The van der Waals surface area contributed by atoms with Gasteiger partial charge in [0, 0.05) is 41.7 Å². The Morgan fingerprint density at radius 3 is 2.00 bits per heavy atom. The smallest absolute Gasteiger partial charge is 0.407 e. The molecule has 1 aliphatic carbocycles. The monoisotopic (exact) mass is 803 g/mol. The maximum Gasteiger partial charge on any atom is 0.407 e. The minimum Gasteiger partial charge on any atom is -0.453 e. The van der Waals surface area contributed by atoms with Gasteiger partial charge in [-0.15, -0.1) is 0 Å². The molecule has 3 aromatic heterocycles. The Balaban J connectivity index is 1.03. The lowest BCUT2D eigenvalue weighted by molar-refractivity contribution is -0.136. The van der Waals surface area contributed by atoms with Gasteiger partial charge in [0.1, 0.15) is 29.4 Å². The van der Waals surface area contributed by atoms with E-state index < -0.39 is 24.3 Å². The van der Waals surface area contributed by atoms with Crippen LogP contribution in [0.15, 0.2) is 42.7 Å². The summed E-state index contributed by atoms with van der Waals surface area (Å²) in [4.78, 5) is 76.2. The third-order valence-corrected chi connectivity index (χ3v) is 11.5. The van der Waals surface area contributed by atoms with Crippen LogP contribution in [0.5, 0.6) is 0 Å². The first-order valence-corrected chi connectivity index (χ1v) is 20.5. The number of H-pyrrole nitrogens is 2. The van der Waals surface area contributed by atoms with Gasteiger partial charge in [0.05, 0.1) is 43.9 Å². The highest BCUT2D eigenvalue weighted by atomic mass is 16.5. The summed E-state index contributed by atoms with van der Waals surface area (Å²) in [5, 5.41) is 5.41. The van der Waals surface area contributed by atoms with Crippen molar-refractivity contribution >= 4 is 24.0 Å². The zero-order chi connectivity index (χ0) is 41.8. The average molecular weight is 804 g/mol. The summed E-state index contributed by atoms with van der Waals surface area (Å²) in [5.41, 5.74) is 7.38. The molecule has 4 atom stereocenters. The summed E-state index contributed by atoms with van der Waals surface area (Å²) in [7, 11) is 2.58. The molecule has 310 valence electrons. The molecule has 15 nitrogen and oxygen atoms in total. The van der Waals surface area contributed by atoms with Crippen molar-refractivity contribution in [2.24, 2.45) is 11.8 Å². The van der Waals surface area contributed by atoms with Gasteiger partial charge in [-0.3, -0.25) is 9.59 Å². The van der Waals surface area contributed by atoms with Crippen LogP contribution < -0.4 is 10.6 Å². The van der Waals surface area contributed by atoms with E-state index in [1.54, 1.807) is 17.3 Å². The predicted molar refractivity (Wildman–Crippen MR) is 220 cm³/mol. The quantitative estimate of drug-likeness (QED) is 0.151. The van der Waals surface area contributed by atoms with Crippen molar-refractivity contribution < 1.29 is 28.7 Å². The molecule has 59 heavy (non-hydrogen) atoms. The molecule has 2 aliphatic heterocycles. The molecule has 1 aromatic carbocycles. The van der Waals surface area contributed by atoms with Gasteiger partial charge < -0.3 is 39.9 Å². The summed E-state index contributed by atoms with van der Waals surface area (Å²) in [5.74, 6) is 7.47. The normalized spacial score (nSPS) is 18.3. The van der Waals surface area contributed by atoms with E-state index in [2.05, 4.69) is 54.5 Å². The Hall–Kier alpha value is -6.17. The molecular weight excluding hydrogens is 751 g/mol. The molecule has 15 heteroatoms. The second-order valence-electron chi connectivity index (χ2n) is 16.1. The van der Waals surface area contributed by atoms with E-state index in [9.17, 15) is 19.2 Å². The molecule has 0 radical (unpaired) electrons. The van der Waals surface area contributed by atoms with Gasteiger partial charge in [0.2, 0.25) is 11.8 Å². The summed E-state index contributed by atoms with van der Waals surface area (Å²) >= 11 is 0. The van der Waals surface area contributed by atoms with E-state index in [-0.39, 0.29) is 35.7 Å². The van der Waals surface area contributed by atoms with E-state index in [0.29, 0.717) is 24.6 Å². The molecular formula is C44H53N9O6. The molecule has 5 heterocycles. The number of pyridine rings is 1. The molecule has 0 saturated carbocycles. The third kappa shape index (κ3) is 8.81. The number of rotatable bonds is 9. The number of hydrogen-bond donors (Lipinski definition) is 4. The van der Waals surface area contributed by atoms with Crippen molar-refractivity contribution in [1.29, 1.82) is 0 Å². The Labute approximate surface area is 344 Å². The Kier molecular flexibility index (Phi) is 12.3. The van der Waals surface area contributed by atoms with Crippen molar-refractivity contribution in [3.8, 4) is 34.4 Å². The number of aromatic amines is 2. The van der Waals surface area contributed by atoms with Crippen LogP contribution in [0.1, 0.15) is 106 Å². The van der Waals surface area contributed by atoms with Crippen LogP contribution in [-0.4, -0.2) is 98.1 Å². The van der Waals surface area contributed by atoms with Gasteiger partial charge in [-0.2, -0.15) is 0 Å². The van der Waals surface area contributed by atoms with Gasteiger partial charge in [-0.1, -0.05) is 39.7 Å². The standard InChI is InChI=1S/C44H53N9O6/c1-25(2)36(50-43(56)58-5)41(54)52-20-8-12-34(52)39-46-24-33(48-39)29-16-18-30(45-23-29)17-14-27-15-19-31-28(22-27)10-7-11-32-38(31)49-40(47-32)35-13-9-21-53(35)42(55)37(26(3)4)51-44(57)59-6/h15-16,18-19,22-26,34-37H,7-13,20-21H2,1-6H3,(H,46,48)(H,47,49)(H,50,56)(H,51,57). The Morgan fingerprint density at radius 2 is 1.41 bits per heavy atom. The molecule has 0 bridgehead atoms. The van der Waals surface area contributed by atoms with Crippen molar-refractivity contribution in [1.82, 2.24) is 45.4 Å². The number of alkyl carbamates (subject to hydrolysis) is 2. The molecule has 4 N–H and O–H groups in total. The number of hydrogen-bond acceptors (Lipinski definition) is 9. The van der Waals surface area contributed by atoms with Crippen molar-refractivity contribution in [2.75, 3.05) is 27.3 Å². The number of carbonyl (C=O) groups is 4. The highest BCUT2D eigenvalue weighted by molar-refractivity contribution is 5.87. The van der Waals surface area contributed by atoms with Gasteiger partial charge in [-0.05, 0) is 92.5 Å². The minimum atomic E-state index is -0.699. The molecule has 0 spiro atoms. The molecule has 2 fully saturated rings. The fourth-order valence-electron chi connectivity index (χ4n) is 8.36. The van der Waals surface area contributed by atoms with Gasteiger partial charge in [-0.25, -0.2) is 24.5 Å². The number of nitrogens with one attached hydrogen (secondary N) is 4. The van der Waals surface area contributed by atoms with E-state index in [1.165, 1.54) is 19.8 Å². The lowest BCUT2D eigenvalue weighted by Crippen LogP contribution is -2.51. The van der Waals surface area contributed by atoms with Crippen LogP contribution in [0.4, 0.5) is 9.59 Å². The Morgan fingerprint density at radius 1 is 0.763 bits per heavy atom. The van der Waals surface area contributed by atoms with E-state index in [4.69, 9.17) is 14.5 Å². The van der Waals surface area contributed by atoms with Crippen LogP contribution in [0.25, 0.3) is 22.5 Å². The number of methoxy groups -OCH3 is 2. The number of likely N-dealkylation sites (tertiary alicyclic amines) is 2. The first-order valence-electron chi connectivity index (χ1n) is 20.5. The zero-order valence-electron chi connectivity index (χ0n) is 34.6. The number of amides is 4. The molecule has 2 saturated heterocycles.